The molecule has 0 aliphatic heterocycles. The van der Waals surface area contributed by atoms with E-state index >= 15 is 0 Å². The first kappa shape index (κ1) is 41.2. The average molecular weight is 591 g/mol. The van der Waals surface area contributed by atoms with Crippen LogP contribution in [0.25, 0.3) is 0 Å². The lowest BCUT2D eigenvalue weighted by Crippen LogP contribution is -2.07. The van der Waals surface area contributed by atoms with Crippen LogP contribution in [0.2, 0.25) is 0 Å². The molecule has 0 amide bonds. The van der Waals surface area contributed by atoms with Gasteiger partial charge in [-0.15, -0.1) is 0 Å². The fourth-order valence-corrected chi connectivity index (χ4v) is 6.16. The van der Waals surface area contributed by atoms with Crippen LogP contribution in [0, 0.1) is 23.7 Å². The van der Waals surface area contributed by atoms with Crippen LogP contribution in [-0.4, -0.2) is 12.6 Å². The van der Waals surface area contributed by atoms with Crippen LogP contribution >= 0.6 is 0 Å². The highest BCUT2D eigenvalue weighted by Gasteiger charge is 2.09. The summed E-state index contributed by atoms with van der Waals surface area (Å²) in [7, 11) is 0. The van der Waals surface area contributed by atoms with Crippen LogP contribution < -0.4 is 0 Å². The minimum Gasteiger partial charge on any atom is -0.463 e. The Kier molecular flexibility index (Phi) is 31.0. The van der Waals surface area contributed by atoms with Gasteiger partial charge in [0.25, 0.3) is 0 Å². The van der Waals surface area contributed by atoms with E-state index in [-0.39, 0.29) is 5.97 Å². The number of esters is 1. The van der Waals surface area contributed by atoms with Crippen LogP contribution in [0.4, 0.5) is 0 Å². The maximum atomic E-state index is 12.0. The van der Waals surface area contributed by atoms with Crippen molar-refractivity contribution >= 4 is 5.97 Å². The average Bonchev–Trinajstić information content (AvgIpc) is 2.94. The molecule has 0 aromatic carbocycles. The first-order valence-corrected chi connectivity index (χ1v) is 19.2. The highest BCUT2D eigenvalue weighted by Crippen LogP contribution is 2.23. The van der Waals surface area contributed by atoms with Gasteiger partial charge in [0.05, 0.1) is 6.61 Å². The van der Waals surface area contributed by atoms with E-state index in [1.807, 2.05) is 6.08 Å². The van der Waals surface area contributed by atoms with E-state index in [2.05, 4.69) is 41.5 Å². The molecule has 0 aliphatic rings. The second-order valence-corrected chi connectivity index (χ2v) is 14.6. The zero-order chi connectivity index (χ0) is 31.1. The van der Waals surface area contributed by atoms with Crippen molar-refractivity contribution < 1.29 is 9.53 Å². The minimum atomic E-state index is -0.157. The molecule has 250 valence electrons. The molecule has 0 N–H and O–H groups in total. The van der Waals surface area contributed by atoms with Gasteiger partial charge in [-0.2, -0.15) is 0 Å². The summed E-state index contributed by atoms with van der Waals surface area (Å²) in [6.45, 7) is 14.7. The molecule has 0 fully saturated rings. The number of unbranched alkanes of at least 4 members (excludes halogenated alkanes) is 15. The van der Waals surface area contributed by atoms with Crippen LogP contribution in [0.1, 0.15) is 208 Å². The Morgan fingerprint density at radius 3 is 1.31 bits per heavy atom. The van der Waals surface area contributed by atoms with E-state index in [0.717, 1.165) is 30.6 Å². The van der Waals surface area contributed by atoms with Gasteiger partial charge in [0.2, 0.25) is 0 Å². The third kappa shape index (κ3) is 32.1. The lowest BCUT2D eigenvalue weighted by Gasteiger charge is -2.16. The van der Waals surface area contributed by atoms with Gasteiger partial charge >= 0.3 is 5.97 Å². The van der Waals surface area contributed by atoms with Crippen molar-refractivity contribution in [2.24, 2.45) is 23.7 Å². The summed E-state index contributed by atoms with van der Waals surface area (Å²) in [5, 5.41) is 0. The molecule has 2 nitrogen and oxygen atoms in total. The lowest BCUT2D eigenvalue weighted by molar-refractivity contribution is -0.138. The highest BCUT2D eigenvalue weighted by atomic mass is 16.5. The van der Waals surface area contributed by atoms with E-state index in [1.54, 1.807) is 6.08 Å². The summed E-state index contributed by atoms with van der Waals surface area (Å²) >= 11 is 0. The summed E-state index contributed by atoms with van der Waals surface area (Å²) < 4.78 is 5.46. The van der Waals surface area contributed by atoms with Crippen molar-refractivity contribution in [1.29, 1.82) is 0 Å². The number of carbonyl (C=O) groups is 1. The summed E-state index contributed by atoms with van der Waals surface area (Å²) in [4.78, 5) is 12.0. The molecule has 3 atom stereocenters. The maximum Gasteiger partial charge on any atom is 0.330 e. The second-order valence-electron chi connectivity index (χ2n) is 14.6. The van der Waals surface area contributed by atoms with Crippen molar-refractivity contribution in [2.45, 2.75) is 208 Å². The van der Waals surface area contributed by atoms with Gasteiger partial charge in [-0.1, -0.05) is 195 Å². The lowest BCUT2D eigenvalue weighted by atomic mass is 9.91. The Bertz CT molecular complexity index is 580. The molecule has 0 spiro atoms. The van der Waals surface area contributed by atoms with Crippen LogP contribution in [-0.2, 0) is 9.53 Å². The van der Waals surface area contributed by atoms with Gasteiger partial charge in [0.1, 0.15) is 0 Å². The van der Waals surface area contributed by atoms with Gasteiger partial charge < -0.3 is 4.74 Å². The number of hydrogen-bond donors (Lipinski definition) is 0. The van der Waals surface area contributed by atoms with Crippen molar-refractivity contribution in [2.75, 3.05) is 6.61 Å². The molecule has 0 rings (SSSR count). The number of ether oxygens (including phenoxy) is 1. The number of hydrogen-bond acceptors (Lipinski definition) is 2. The number of allylic oxidation sites excluding steroid dienone is 1. The van der Waals surface area contributed by atoms with Crippen LogP contribution in [0.15, 0.2) is 12.2 Å². The predicted octanol–water partition coefficient (Wildman–Crippen LogP) is 13.8. The standard InChI is InChI=1S/C40H78O2/c1-7-8-9-10-11-12-13-14-15-16-17-18-19-20-21-22-23-33-40(41)42-35-34-39(6)32-26-31-38(5)30-25-29-37(4)28-24-27-36(2)3/h23,33,36-39H,7-22,24-32,34-35H2,1-6H3/b33-23+. The van der Waals surface area contributed by atoms with Crippen molar-refractivity contribution in [1.82, 2.24) is 0 Å². The maximum absolute atomic E-state index is 12.0. The molecule has 3 unspecified atom stereocenters. The molecule has 0 aromatic heterocycles. The Balaban J connectivity index is 3.49. The van der Waals surface area contributed by atoms with E-state index in [9.17, 15) is 4.79 Å². The molecule has 0 heterocycles. The smallest absolute Gasteiger partial charge is 0.330 e. The van der Waals surface area contributed by atoms with Gasteiger partial charge in [0.15, 0.2) is 0 Å². The Labute approximate surface area is 266 Å². The third-order valence-electron chi connectivity index (χ3n) is 9.35. The van der Waals surface area contributed by atoms with Crippen molar-refractivity contribution in [3.63, 3.8) is 0 Å². The zero-order valence-corrected chi connectivity index (χ0v) is 29.9. The van der Waals surface area contributed by atoms with Gasteiger partial charge in [-0.25, -0.2) is 4.79 Å². The van der Waals surface area contributed by atoms with Crippen LogP contribution in [0.3, 0.4) is 0 Å². The van der Waals surface area contributed by atoms with Gasteiger partial charge in [0, 0.05) is 6.08 Å². The molecule has 0 aliphatic carbocycles. The SMILES string of the molecule is CCCCCCCCCCCCCCCCC/C=C/C(=O)OCCC(C)CCCC(C)CCCC(C)CCCC(C)C. The molecule has 2 heteroatoms. The first-order valence-electron chi connectivity index (χ1n) is 19.2. The summed E-state index contributed by atoms with van der Waals surface area (Å²) in [6.07, 6.45) is 38.8. The first-order chi connectivity index (χ1) is 20.3. The molecular weight excluding hydrogens is 512 g/mol. The molecule has 0 bridgehead atoms. The quantitative estimate of drug-likeness (QED) is 0.0442. The van der Waals surface area contributed by atoms with Crippen LogP contribution in [0.5, 0.6) is 0 Å². The highest BCUT2D eigenvalue weighted by molar-refractivity contribution is 5.81. The second kappa shape index (κ2) is 31.6. The zero-order valence-electron chi connectivity index (χ0n) is 29.9. The Hall–Kier alpha value is -0.790. The Morgan fingerprint density at radius 2 is 0.881 bits per heavy atom. The molecule has 0 saturated heterocycles. The van der Waals surface area contributed by atoms with E-state index in [1.165, 1.54) is 154 Å². The molecule has 0 saturated carbocycles. The van der Waals surface area contributed by atoms with Gasteiger partial charge in [-0.05, 0) is 42.9 Å². The van der Waals surface area contributed by atoms with Crippen molar-refractivity contribution in [3.05, 3.63) is 12.2 Å². The summed E-state index contributed by atoms with van der Waals surface area (Å²) in [5.74, 6) is 3.06. The fraction of sp³-hybridized carbons (Fsp3) is 0.925. The van der Waals surface area contributed by atoms with E-state index < -0.39 is 0 Å². The molecular formula is C40H78O2. The topological polar surface area (TPSA) is 26.3 Å². The number of rotatable bonds is 32. The largest absolute Gasteiger partial charge is 0.463 e. The minimum absolute atomic E-state index is 0.157. The number of carbonyl (C=O) groups excluding carboxylic acids is 1. The Morgan fingerprint density at radius 1 is 0.500 bits per heavy atom. The van der Waals surface area contributed by atoms with Crippen molar-refractivity contribution in [3.8, 4) is 0 Å². The molecule has 42 heavy (non-hydrogen) atoms. The normalized spacial score (nSPS) is 14.1. The predicted molar refractivity (Wildman–Crippen MR) is 188 cm³/mol. The van der Waals surface area contributed by atoms with Gasteiger partial charge in [-0.3, -0.25) is 0 Å². The monoisotopic (exact) mass is 591 g/mol. The summed E-state index contributed by atoms with van der Waals surface area (Å²) in [5.41, 5.74) is 0. The summed E-state index contributed by atoms with van der Waals surface area (Å²) in [6, 6.07) is 0. The van der Waals surface area contributed by atoms with E-state index in [4.69, 9.17) is 4.74 Å². The molecule has 0 aromatic rings. The molecule has 0 radical (unpaired) electrons. The van der Waals surface area contributed by atoms with E-state index in [0.29, 0.717) is 12.5 Å². The third-order valence-corrected chi connectivity index (χ3v) is 9.35. The fourth-order valence-electron chi connectivity index (χ4n) is 6.16.